The van der Waals surface area contributed by atoms with Crippen LogP contribution in [0.5, 0.6) is 0 Å². The van der Waals surface area contributed by atoms with E-state index in [9.17, 15) is 0 Å². The SMILES string of the molecule is c1ccc(-c2ccc(C3N=C(c4c5ccccc5cc5c4ccc4ccccc45)NC(c4ccccc4)N3)c(-c3ccccc3)c2)cc1. The lowest BCUT2D eigenvalue weighted by Crippen LogP contribution is -2.45. The fourth-order valence-electron chi connectivity index (χ4n) is 7.21. The van der Waals surface area contributed by atoms with Gasteiger partial charge in [0.25, 0.3) is 0 Å². The van der Waals surface area contributed by atoms with Gasteiger partial charge in [-0.25, -0.2) is 4.99 Å². The Morgan fingerprint density at radius 1 is 0.438 bits per heavy atom. The van der Waals surface area contributed by atoms with Crippen LogP contribution in [0.2, 0.25) is 0 Å². The second-order valence-electron chi connectivity index (χ2n) is 12.4. The molecule has 0 saturated carbocycles. The van der Waals surface area contributed by atoms with Crippen LogP contribution in [0.1, 0.15) is 29.0 Å². The van der Waals surface area contributed by atoms with Crippen molar-refractivity contribution < 1.29 is 0 Å². The molecule has 228 valence electrons. The Hall–Kier alpha value is -6.03. The van der Waals surface area contributed by atoms with Gasteiger partial charge in [-0.05, 0) is 77.8 Å². The summed E-state index contributed by atoms with van der Waals surface area (Å²) in [7, 11) is 0. The zero-order valence-corrected chi connectivity index (χ0v) is 26.3. The Morgan fingerprint density at radius 3 is 1.85 bits per heavy atom. The smallest absolute Gasteiger partial charge is 0.133 e. The predicted octanol–water partition coefficient (Wildman–Crippen LogP) is 10.8. The van der Waals surface area contributed by atoms with E-state index in [-0.39, 0.29) is 12.3 Å². The van der Waals surface area contributed by atoms with E-state index in [0.29, 0.717) is 0 Å². The van der Waals surface area contributed by atoms with Crippen LogP contribution in [-0.2, 0) is 0 Å². The van der Waals surface area contributed by atoms with Gasteiger partial charge in [-0.2, -0.15) is 0 Å². The largest absolute Gasteiger partial charge is 0.350 e. The summed E-state index contributed by atoms with van der Waals surface area (Å²) in [5.41, 5.74) is 8.13. The van der Waals surface area contributed by atoms with Gasteiger partial charge in [0, 0.05) is 5.56 Å². The quantitative estimate of drug-likeness (QED) is 0.149. The molecule has 3 nitrogen and oxygen atoms in total. The zero-order valence-electron chi connectivity index (χ0n) is 26.3. The predicted molar refractivity (Wildman–Crippen MR) is 201 cm³/mol. The number of rotatable bonds is 5. The Bertz CT molecular complexity index is 2450. The molecule has 0 bridgehead atoms. The van der Waals surface area contributed by atoms with Gasteiger partial charge in [0.2, 0.25) is 0 Å². The molecule has 8 aromatic rings. The molecule has 0 radical (unpaired) electrons. The van der Waals surface area contributed by atoms with Crippen LogP contribution in [0.3, 0.4) is 0 Å². The van der Waals surface area contributed by atoms with Crippen LogP contribution in [-0.4, -0.2) is 5.84 Å². The van der Waals surface area contributed by atoms with Crippen molar-refractivity contribution in [3.8, 4) is 22.3 Å². The van der Waals surface area contributed by atoms with Gasteiger partial charge in [-0.15, -0.1) is 0 Å². The monoisotopic (exact) mass is 615 g/mol. The van der Waals surface area contributed by atoms with Gasteiger partial charge < -0.3 is 5.32 Å². The molecule has 2 atom stereocenters. The van der Waals surface area contributed by atoms with E-state index in [1.807, 2.05) is 0 Å². The van der Waals surface area contributed by atoms with Gasteiger partial charge in [0.05, 0.1) is 0 Å². The van der Waals surface area contributed by atoms with E-state index in [1.54, 1.807) is 0 Å². The Labute approximate surface area is 280 Å². The summed E-state index contributed by atoms with van der Waals surface area (Å²) in [4.78, 5) is 5.56. The first-order valence-corrected chi connectivity index (χ1v) is 16.5. The third-order valence-electron chi connectivity index (χ3n) is 9.54. The number of amidine groups is 1. The molecule has 1 aliphatic rings. The first-order valence-electron chi connectivity index (χ1n) is 16.5. The fourth-order valence-corrected chi connectivity index (χ4v) is 7.21. The molecule has 3 heteroatoms. The molecule has 48 heavy (non-hydrogen) atoms. The number of benzene rings is 8. The molecule has 8 aromatic carbocycles. The summed E-state index contributed by atoms with van der Waals surface area (Å²) in [6.45, 7) is 0. The highest BCUT2D eigenvalue weighted by Gasteiger charge is 2.29. The molecule has 2 N–H and O–H groups in total. The lowest BCUT2D eigenvalue weighted by Gasteiger charge is -2.34. The minimum atomic E-state index is -0.305. The Kier molecular flexibility index (Phi) is 7.03. The van der Waals surface area contributed by atoms with Crippen molar-refractivity contribution in [2.75, 3.05) is 0 Å². The van der Waals surface area contributed by atoms with E-state index in [0.717, 1.165) is 22.5 Å². The highest BCUT2D eigenvalue weighted by molar-refractivity contribution is 6.24. The lowest BCUT2D eigenvalue weighted by molar-refractivity contribution is 0.410. The maximum atomic E-state index is 5.56. The highest BCUT2D eigenvalue weighted by atomic mass is 15.3. The van der Waals surface area contributed by atoms with Crippen molar-refractivity contribution in [2.24, 2.45) is 4.99 Å². The van der Waals surface area contributed by atoms with Crippen molar-refractivity contribution >= 4 is 38.2 Å². The van der Waals surface area contributed by atoms with Crippen molar-refractivity contribution in [1.29, 1.82) is 0 Å². The average molecular weight is 616 g/mol. The molecular weight excluding hydrogens is 583 g/mol. The first kappa shape index (κ1) is 28.2. The topological polar surface area (TPSA) is 36.4 Å². The molecule has 0 fully saturated rings. The third kappa shape index (κ3) is 5.02. The molecule has 0 amide bonds. The van der Waals surface area contributed by atoms with Crippen LogP contribution >= 0.6 is 0 Å². The van der Waals surface area contributed by atoms with E-state index in [1.165, 1.54) is 54.6 Å². The summed E-state index contributed by atoms with van der Waals surface area (Å²) in [5, 5.41) is 15.0. The van der Waals surface area contributed by atoms with Crippen molar-refractivity contribution in [1.82, 2.24) is 10.6 Å². The van der Waals surface area contributed by atoms with Gasteiger partial charge in [0.1, 0.15) is 18.2 Å². The highest BCUT2D eigenvalue weighted by Crippen LogP contribution is 2.38. The first-order chi connectivity index (χ1) is 23.8. The van der Waals surface area contributed by atoms with Crippen LogP contribution in [0.25, 0.3) is 54.6 Å². The van der Waals surface area contributed by atoms with E-state index < -0.39 is 0 Å². The normalized spacial score (nSPS) is 16.1. The van der Waals surface area contributed by atoms with Crippen LogP contribution < -0.4 is 10.6 Å². The third-order valence-corrected chi connectivity index (χ3v) is 9.54. The Morgan fingerprint density at radius 2 is 1.08 bits per heavy atom. The van der Waals surface area contributed by atoms with Gasteiger partial charge >= 0.3 is 0 Å². The molecular formula is C45H33N3. The van der Waals surface area contributed by atoms with Gasteiger partial charge in [-0.1, -0.05) is 164 Å². The second-order valence-corrected chi connectivity index (χ2v) is 12.4. The summed E-state index contributed by atoms with van der Waals surface area (Å²) in [6.07, 6.45) is -0.462. The summed E-state index contributed by atoms with van der Waals surface area (Å²) < 4.78 is 0. The molecule has 9 rings (SSSR count). The van der Waals surface area contributed by atoms with E-state index >= 15 is 0 Å². The fraction of sp³-hybridized carbons (Fsp3) is 0.0444. The van der Waals surface area contributed by atoms with Gasteiger partial charge in [-0.3, -0.25) is 5.32 Å². The van der Waals surface area contributed by atoms with Crippen LogP contribution in [0.4, 0.5) is 0 Å². The molecule has 0 spiro atoms. The maximum Gasteiger partial charge on any atom is 0.133 e. The molecule has 1 aliphatic heterocycles. The zero-order chi connectivity index (χ0) is 31.9. The van der Waals surface area contributed by atoms with E-state index in [2.05, 4.69) is 187 Å². The van der Waals surface area contributed by atoms with Crippen molar-refractivity contribution in [2.45, 2.75) is 12.3 Å². The summed E-state index contributed by atoms with van der Waals surface area (Å²) in [6, 6.07) is 62.9. The Balaban J connectivity index is 1.29. The standard InChI is InChI=1S/C45H33N3/c1-4-14-30(15-5-1)34-25-27-39(40(28-34)31-16-6-2-7-17-31)44-46-43(33-19-8-3-9-20-33)47-45(48-44)42-37-23-13-11-21-35(37)29-41-36-22-12-10-18-32(36)24-26-38(41)42/h1-29,43-44,46H,(H,47,48). The molecule has 1 heterocycles. The van der Waals surface area contributed by atoms with Crippen molar-refractivity contribution in [3.05, 3.63) is 193 Å². The molecule has 0 aliphatic carbocycles. The number of hydrogen-bond acceptors (Lipinski definition) is 3. The summed E-state index contributed by atoms with van der Waals surface area (Å²) >= 11 is 0. The average Bonchev–Trinajstić information content (AvgIpc) is 3.17. The number of hydrogen-bond donors (Lipinski definition) is 2. The minimum Gasteiger partial charge on any atom is -0.350 e. The number of nitrogens with one attached hydrogen (secondary N) is 2. The number of fused-ring (bicyclic) bond motifs is 4. The molecule has 0 saturated heterocycles. The van der Waals surface area contributed by atoms with Crippen molar-refractivity contribution in [3.63, 3.8) is 0 Å². The number of aliphatic imine (C=N–C) groups is 1. The van der Waals surface area contributed by atoms with Crippen LogP contribution in [0.15, 0.2) is 181 Å². The maximum absolute atomic E-state index is 5.56. The lowest BCUT2D eigenvalue weighted by atomic mass is 9.91. The summed E-state index contributed by atoms with van der Waals surface area (Å²) in [5.74, 6) is 0.885. The van der Waals surface area contributed by atoms with E-state index in [4.69, 9.17) is 4.99 Å². The molecule has 2 unspecified atom stereocenters. The second kappa shape index (κ2) is 12.0. The van der Waals surface area contributed by atoms with Crippen LogP contribution in [0, 0.1) is 0 Å². The van der Waals surface area contributed by atoms with Gasteiger partial charge in [0.15, 0.2) is 0 Å². The number of nitrogens with zero attached hydrogens (tertiary/aromatic N) is 1. The molecule has 0 aromatic heterocycles. The minimum absolute atomic E-state index is 0.157.